The zero-order valence-electron chi connectivity index (χ0n) is 10.7. The summed E-state index contributed by atoms with van der Waals surface area (Å²) < 4.78 is 6.33. The second-order valence-electron chi connectivity index (χ2n) is 4.65. The molecule has 5 heteroatoms. The Hall–Kier alpha value is -2.66. The molecule has 102 valence electrons. The normalized spacial score (nSPS) is 11.2. The predicted octanol–water partition coefficient (Wildman–Crippen LogP) is 3.98. The van der Waals surface area contributed by atoms with Crippen LogP contribution in [0.25, 0.3) is 21.2 Å². The second-order valence-corrected chi connectivity index (χ2v) is 5.68. The van der Waals surface area contributed by atoms with Crippen LogP contribution in [0, 0.1) is 0 Å². The first kappa shape index (κ1) is 12.1. The zero-order chi connectivity index (χ0) is 14.4. The fourth-order valence-electron chi connectivity index (χ4n) is 2.28. The molecule has 2 aromatic carbocycles. The van der Waals surface area contributed by atoms with E-state index in [1.165, 1.54) is 29.7 Å². The highest BCUT2D eigenvalue weighted by molar-refractivity contribution is 7.20. The van der Waals surface area contributed by atoms with Crippen LogP contribution in [0.1, 0.15) is 15.4 Å². The predicted molar refractivity (Wildman–Crippen MR) is 80.9 cm³/mol. The number of thiazole rings is 1. The largest absolute Gasteiger partial charge is 0.508 e. The van der Waals surface area contributed by atoms with Gasteiger partial charge < -0.3 is 9.52 Å². The average Bonchev–Trinajstić information content (AvgIpc) is 3.09. The van der Waals surface area contributed by atoms with Gasteiger partial charge in [0, 0.05) is 5.39 Å². The van der Waals surface area contributed by atoms with Crippen molar-refractivity contribution in [3.63, 3.8) is 0 Å². The fraction of sp³-hybridized carbons (Fsp3) is 0. The van der Waals surface area contributed by atoms with Crippen LogP contribution in [0.15, 0.2) is 53.1 Å². The van der Waals surface area contributed by atoms with Crippen LogP contribution in [0.2, 0.25) is 0 Å². The van der Waals surface area contributed by atoms with Crippen LogP contribution in [-0.2, 0) is 0 Å². The third kappa shape index (κ3) is 1.90. The van der Waals surface area contributed by atoms with Crippen LogP contribution in [0.5, 0.6) is 5.75 Å². The minimum Gasteiger partial charge on any atom is -0.508 e. The first-order valence-corrected chi connectivity index (χ1v) is 7.14. The maximum atomic E-state index is 12.6. The smallest absolute Gasteiger partial charge is 0.225 e. The molecule has 0 atom stereocenters. The highest BCUT2D eigenvalue weighted by atomic mass is 32.1. The van der Waals surface area contributed by atoms with E-state index in [1.807, 2.05) is 24.3 Å². The van der Waals surface area contributed by atoms with Crippen molar-refractivity contribution in [2.24, 2.45) is 0 Å². The number of benzene rings is 2. The Morgan fingerprint density at radius 2 is 2.05 bits per heavy atom. The summed E-state index contributed by atoms with van der Waals surface area (Å²) in [6.07, 6.45) is 1.42. The molecule has 4 nitrogen and oxygen atoms in total. The van der Waals surface area contributed by atoms with Gasteiger partial charge in [0.2, 0.25) is 5.78 Å². The number of nitrogens with zero attached hydrogens (tertiary/aromatic N) is 1. The van der Waals surface area contributed by atoms with Crippen molar-refractivity contribution in [2.45, 2.75) is 0 Å². The van der Waals surface area contributed by atoms with Crippen molar-refractivity contribution in [3.05, 3.63) is 59.3 Å². The second kappa shape index (κ2) is 4.43. The summed E-state index contributed by atoms with van der Waals surface area (Å²) in [7, 11) is 0. The average molecular weight is 295 g/mol. The molecule has 0 aliphatic rings. The lowest BCUT2D eigenvalue weighted by atomic mass is 10.1. The molecular weight excluding hydrogens is 286 g/mol. The molecule has 2 aromatic heterocycles. The number of aromatic hydroxyl groups is 1. The van der Waals surface area contributed by atoms with Gasteiger partial charge in [-0.2, -0.15) is 0 Å². The summed E-state index contributed by atoms with van der Waals surface area (Å²) in [6.45, 7) is 0. The number of rotatable bonds is 2. The van der Waals surface area contributed by atoms with Crippen LogP contribution in [-0.4, -0.2) is 15.9 Å². The number of ketones is 1. The molecule has 0 aliphatic carbocycles. The molecule has 4 aromatic rings. The van der Waals surface area contributed by atoms with Gasteiger partial charge in [-0.1, -0.05) is 12.1 Å². The number of phenols is 1. The Balaban J connectivity index is 1.87. The number of carbonyl (C=O) groups is 1. The van der Waals surface area contributed by atoms with E-state index in [-0.39, 0.29) is 11.5 Å². The minimum absolute atomic E-state index is 0.0993. The Morgan fingerprint density at radius 1 is 1.19 bits per heavy atom. The number of furan rings is 1. The van der Waals surface area contributed by atoms with E-state index in [0.29, 0.717) is 21.5 Å². The van der Waals surface area contributed by atoms with Gasteiger partial charge in [-0.25, -0.2) is 4.98 Å². The molecule has 0 spiro atoms. The number of fused-ring (bicyclic) bond motifs is 2. The Labute approximate surface area is 123 Å². The van der Waals surface area contributed by atoms with E-state index < -0.39 is 0 Å². The lowest BCUT2D eigenvalue weighted by Gasteiger charge is -1.95. The number of para-hydroxylation sites is 1. The Kier molecular flexibility index (Phi) is 2.55. The van der Waals surface area contributed by atoms with Crippen molar-refractivity contribution in [2.75, 3.05) is 0 Å². The van der Waals surface area contributed by atoms with Crippen LogP contribution >= 0.6 is 11.3 Å². The van der Waals surface area contributed by atoms with Crippen LogP contribution < -0.4 is 0 Å². The van der Waals surface area contributed by atoms with Crippen molar-refractivity contribution in [3.8, 4) is 5.75 Å². The minimum atomic E-state index is -0.194. The summed E-state index contributed by atoms with van der Waals surface area (Å²) in [5.41, 5.74) is 1.79. The molecule has 4 rings (SSSR count). The molecule has 0 saturated carbocycles. The van der Waals surface area contributed by atoms with E-state index >= 15 is 0 Å². The molecule has 0 bridgehead atoms. The summed E-state index contributed by atoms with van der Waals surface area (Å²) in [5, 5.41) is 10.6. The molecule has 0 aliphatic heterocycles. The third-order valence-electron chi connectivity index (χ3n) is 3.29. The Bertz CT molecular complexity index is 950. The van der Waals surface area contributed by atoms with Gasteiger partial charge >= 0.3 is 0 Å². The van der Waals surface area contributed by atoms with Gasteiger partial charge in [0.15, 0.2) is 5.01 Å². The first-order valence-electron chi connectivity index (χ1n) is 6.33. The van der Waals surface area contributed by atoms with E-state index in [9.17, 15) is 9.90 Å². The molecule has 0 unspecified atom stereocenters. The lowest BCUT2D eigenvalue weighted by molar-refractivity contribution is 0.103. The summed E-state index contributed by atoms with van der Waals surface area (Å²) in [6, 6.07) is 12.3. The zero-order valence-corrected chi connectivity index (χ0v) is 11.6. The number of carbonyl (C=O) groups excluding carboxylic acids is 1. The molecular formula is C16H9NO3S. The van der Waals surface area contributed by atoms with Gasteiger partial charge in [-0.05, 0) is 30.3 Å². The van der Waals surface area contributed by atoms with Gasteiger partial charge in [-0.3, -0.25) is 4.79 Å². The quantitative estimate of drug-likeness (QED) is 0.568. The molecule has 0 saturated heterocycles. The molecule has 1 N–H and O–H groups in total. The molecule has 0 amide bonds. The van der Waals surface area contributed by atoms with Crippen molar-refractivity contribution in [1.82, 2.24) is 4.98 Å². The fourth-order valence-corrected chi connectivity index (χ4v) is 3.20. The molecule has 0 radical (unpaired) electrons. The van der Waals surface area contributed by atoms with Gasteiger partial charge in [0.05, 0.1) is 15.8 Å². The standard InChI is InChI=1S/C16H9NO3S/c18-9-5-6-13-10(7-9)11(8-20-13)15(19)16-17-12-3-1-2-4-14(12)21-16/h1-8,18H. The van der Waals surface area contributed by atoms with E-state index in [0.717, 1.165) is 10.2 Å². The van der Waals surface area contributed by atoms with E-state index in [4.69, 9.17) is 4.42 Å². The van der Waals surface area contributed by atoms with Gasteiger partial charge in [-0.15, -0.1) is 11.3 Å². The van der Waals surface area contributed by atoms with Crippen LogP contribution in [0.4, 0.5) is 0 Å². The van der Waals surface area contributed by atoms with Crippen LogP contribution in [0.3, 0.4) is 0 Å². The number of hydrogen-bond donors (Lipinski definition) is 1. The van der Waals surface area contributed by atoms with Gasteiger partial charge in [0.25, 0.3) is 0 Å². The molecule has 0 fully saturated rings. The highest BCUT2D eigenvalue weighted by Crippen LogP contribution is 2.29. The highest BCUT2D eigenvalue weighted by Gasteiger charge is 2.19. The molecule has 21 heavy (non-hydrogen) atoms. The summed E-state index contributed by atoms with van der Waals surface area (Å²) >= 11 is 1.35. The molecule has 2 heterocycles. The van der Waals surface area contributed by atoms with Crippen molar-refractivity contribution < 1.29 is 14.3 Å². The first-order chi connectivity index (χ1) is 10.2. The SMILES string of the molecule is O=C(c1nc2ccccc2s1)c1coc2ccc(O)cc12. The third-order valence-corrected chi connectivity index (χ3v) is 4.32. The maximum absolute atomic E-state index is 12.6. The topological polar surface area (TPSA) is 63.3 Å². The maximum Gasteiger partial charge on any atom is 0.225 e. The number of phenolic OH excluding ortho intramolecular Hbond substituents is 1. The van der Waals surface area contributed by atoms with E-state index in [2.05, 4.69) is 4.98 Å². The van der Waals surface area contributed by atoms with Crippen molar-refractivity contribution >= 4 is 38.3 Å². The Morgan fingerprint density at radius 3 is 2.90 bits per heavy atom. The summed E-state index contributed by atoms with van der Waals surface area (Å²) in [4.78, 5) is 17.0. The van der Waals surface area contributed by atoms with Gasteiger partial charge in [0.1, 0.15) is 17.6 Å². The monoisotopic (exact) mass is 295 g/mol. The number of hydrogen-bond acceptors (Lipinski definition) is 5. The van der Waals surface area contributed by atoms with Crippen molar-refractivity contribution in [1.29, 1.82) is 0 Å². The summed E-state index contributed by atoms with van der Waals surface area (Å²) in [5.74, 6) is -0.0946. The number of aromatic nitrogens is 1. The lowest BCUT2D eigenvalue weighted by Crippen LogP contribution is -1.99. The van der Waals surface area contributed by atoms with E-state index in [1.54, 1.807) is 6.07 Å².